The van der Waals surface area contributed by atoms with Crippen LogP contribution in [-0.4, -0.2) is 31.2 Å². The molecule has 3 aromatic rings. The fourth-order valence-corrected chi connectivity index (χ4v) is 2.47. The maximum Gasteiger partial charge on any atom is 0.255 e. The van der Waals surface area contributed by atoms with Gasteiger partial charge in [0.1, 0.15) is 35.6 Å². The van der Waals surface area contributed by atoms with Crippen LogP contribution in [0.25, 0.3) is 0 Å². The molecular formula is C21H19F2N3O3. The van der Waals surface area contributed by atoms with Crippen molar-refractivity contribution in [2.75, 3.05) is 30.9 Å². The lowest BCUT2D eigenvalue weighted by atomic mass is 10.2. The summed E-state index contributed by atoms with van der Waals surface area (Å²) in [5, 5.41) is 5.46. The molecule has 0 bridgehead atoms. The van der Waals surface area contributed by atoms with Crippen LogP contribution < -0.4 is 20.1 Å². The molecule has 3 rings (SSSR count). The predicted octanol–water partition coefficient (Wildman–Crippen LogP) is 4.11. The van der Waals surface area contributed by atoms with Crippen molar-refractivity contribution in [3.63, 3.8) is 0 Å². The summed E-state index contributed by atoms with van der Waals surface area (Å²) >= 11 is 0. The van der Waals surface area contributed by atoms with Crippen LogP contribution in [0.2, 0.25) is 0 Å². The number of rotatable bonds is 8. The Bertz CT molecular complexity index is 981. The minimum absolute atomic E-state index is 0.101. The number of pyridine rings is 1. The molecule has 0 aliphatic heterocycles. The lowest BCUT2D eigenvalue weighted by Gasteiger charge is -2.10. The van der Waals surface area contributed by atoms with E-state index < -0.39 is 17.5 Å². The van der Waals surface area contributed by atoms with E-state index in [9.17, 15) is 13.6 Å². The van der Waals surface area contributed by atoms with E-state index >= 15 is 0 Å². The number of benzene rings is 2. The minimum atomic E-state index is -0.846. The number of ether oxygens (including phenoxy) is 2. The number of amides is 1. The van der Waals surface area contributed by atoms with Crippen LogP contribution in [0.5, 0.6) is 11.5 Å². The second-order valence-electron chi connectivity index (χ2n) is 5.96. The number of hydrogen-bond acceptors (Lipinski definition) is 5. The Labute approximate surface area is 166 Å². The number of methoxy groups -OCH3 is 1. The zero-order chi connectivity index (χ0) is 20.6. The fourth-order valence-electron chi connectivity index (χ4n) is 2.47. The third-order valence-electron chi connectivity index (χ3n) is 3.94. The van der Waals surface area contributed by atoms with Crippen LogP contribution in [0.1, 0.15) is 10.4 Å². The van der Waals surface area contributed by atoms with E-state index in [1.165, 1.54) is 24.4 Å². The van der Waals surface area contributed by atoms with Crippen LogP contribution in [0.15, 0.2) is 60.8 Å². The zero-order valence-corrected chi connectivity index (χ0v) is 15.6. The minimum Gasteiger partial charge on any atom is -0.497 e. The number of hydrogen-bond donors (Lipinski definition) is 2. The second kappa shape index (κ2) is 9.50. The highest BCUT2D eigenvalue weighted by Crippen LogP contribution is 2.18. The molecule has 150 valence electrons. The summed E-state index contributed by atoms with van der Waals surface area (Å²) in [5.74, 6) is -0.175. The van der Waals surface area contributed by atoms with Crippen molar-refractivity contribution in [3.05, 3.63) is 78.0 Å². The molecule has 2 aromatic carbocycles. The quantitative estimate of drug-likeness (QED) is 0.558. The molecule has 6 nitrogen and oxygen atoms in total. The number of halogens is 2. The van der Waals surface area contributed by atoms with Crippen LogP contribution >= 0.6 is 0 Å². The Kier molecular flexibility index (Phi) is 6.57. The van der Waals surface area contributed by atoms with Gasteiger partial charge in [0, 0.05) is 17.8 Å². The Hall–Kier alpha value is -3.68. The van der Waals surface area contributed by atoms with Crippen molar-refractivity contribution in [1.82, 2.24) is 4.98 Å². The van der Waals surface area contributed by atoms with E-state index in [0.29, 0.717) is 30.8 Å². The van der Waals surface area contributed by atoms with Gasteiger partial charge in [-0.05, 0) is 48.5 Å². The van der Waals surface area contributed by atoms with Crippen LogP contribution in [-0.2, 0) is 0 Å². The molecule has 8 heteroatoms. The molecule has 29 heavy (non-hydrogen) atoms. The van der Waals surface area contributed by atoms with Gasteiger partial charge in [0.2, 0.25) is 0 Å². The molecule has 0 aliphatic rings. The summed E-state index contributed by atoms with van der Waals surface area (Å²) in [6.45, 7) is 0.835. The number of carbonyl (C=O) groups excluding carboxylic acids is 1. The molecule has 1 aromatic heterocycles. The SMILES string of the molecule is COc1ccc(OCCNc2cc(C(=O)Nc3ccc(F)cc3F)ccn2)cc1. The molecular weight excluding hydrogens is 380 g/mol. The van der Waals surface area contributed by atoms with E-state index in [1.807, 2.05) is 0 Å². The van der Waals surface area contributed by atoms with Gasteiger partial charge in [0.05, 0.1) is 19.3 Å². The molecule has 0 unspecified atom stereocenters. The Balaban J connectivity index is 1.52. The van der Waals surface area contributed by atoms with E-state index in [4.69, 9.17) is 9.47 Å². The lowest BCUT2D eigenvalue weighted by molar-refractivity contribution is 0.102. The first-order valence-corrected chi connectivity index (χ1v) is 8.78. The number of anilines is 2. The van der Waals surface area contributed by atoms with Gasteiger partial charge in [0.25, 0.3) is 5.91 Å². The Morgan fingerprint density at radius 2 is 1.79 bits per heavy atom. The average molecular weight is 399 g/mol. The number of carbonyl (C=O) groups is 1. The summed E-state index contributed by atoms with van der Waals surface area (Å²) in [4.78, 5) is 16.4. The molecule has 2 N–H and O–H groups in total. The smallest absolute Gasteiger partial charge is 0.255 e. The summed E-state index contributed by atoms with van der Waals surface area (Å²) < 4.78 is 37.4. The van der Waals surface area contributed by atoms with E-state index in [-0.39, 0.29) is 11.3 Å². The molecule has 0 aliphatic carbocycles. The number of aromatic nitrogens is 1. The Morgan fingerprint density at radius 3 is 2.52 bits per heavy atom. The third kappa shape index (κ3) is 5.65. The summed E-state index contributed by atoms with van der Waals surface area (Å²) in [6, 6.07) is 13.2. The van der Waals surface area contributed by atoms with Gasteiger partial charge in [-0.2, -0.15) is 0 Å². The highest BCUT2D eigenvalue weighted by molar-refractivity contribution is 6.04. The molecule has 0 fully saturated rings. The van der Waals surface area contributed by atoms with Crippen molar-refractivity contribution >= 4 is 17.4 Å². The van der Waals surface area contributed by atoms with Gasteiger partial charge in [-0.1, -0.05) is 0 Å². The van der Waals surface area contributed by atoms with Crippen LogP contribution in [0.4, 0.5) is 20.3 Å². The molecule has 1 heterocycles. The third-order valence-corrected chi connectivity index (χ3v) is 3.94. The molecule has 0 atom stereocenters. The second-order valence-corrected chi connectivity index (χ2v) is 5.96. The van der Waals surface area contributed by atoms with Crippen molar-refractivity contribution < 1.29 is 23.0 Å². The van der Waals surface area contributed by atoms with E-state index in [1.54, 1.807) is 31.4 Å². The monoisotopic (exact) mass is 399 g/mol. The van der Waals surface area contributed by atoms with Gasteiger partial charge in [-0.25, -0.2) is 13.8 Å². The first kappa shape index (κ1) is 20.1. The lowest BCUT2D eigenvalue weighted by Crippen LogP contribution is -2.15. The maximum atomic E-state index is 13.7. The number of nitrogens with one attached hydrogen (secondary N) is 2. The standard InChI is InChI=1S/C21H19F2N3O3/c1-28-16-3-5-17(6-4-16)29-11-10-25-20-12-14(8-9-24-20)21(27)26-19-7-2-15(22)13-18(19)23/h2-9,12-13H,10-11H2,1H3,(H,24,25)(H,26,27). The van der Waals surface area contributed by atoms with Crippen molar-refractivity contribution in [2.45, 2.75) is 0 Å². The summed E-state index contributed by atoms with van der Waals surface area (Å²) in [7, 11) is 1.59. The highest BCUT2D eigenvalue weighted by Gasteiger charge is 2.11. The van der Waals surface area contributed by atoms with Gasteiger partial charge in [-0.15, -0.1) is 0 Å². The van der Waals surface area contributed by atoms with Gasteiger partial charge in [-0.3, -0.25) is 4.79 Å². The van der Waals surface area contributed by atoms with Gasteiger partial charge in [0.15, 0.2) is 0 Å². The van der Waals surface area contributed by atoms with Crippen molar-refractivity contribution in [2.24, 2.45) is 0 Å². The average Bonchev–Trinajstić information content (AvgIpc) is 2.74. The summed E-state index contributed by atoms with van der Waals surface area (Å²) in [6.07, 6.45) is 1.46. The summed E-state index contributed by atoms with van der Waals surface area (Å²) in [5.41, 5.74) is 0.179. The first-order chi connectivity index (χ1) is 14.0. The topological polar surface area (TPSA) is 72.5 Å². The first-order valence-electron chi connectivity index (χ1n) is 8.78. The fraction of sp³-hybridized carbons (Fsp3) is 0.143. The van der Waals surface area contributed by atoms with Crippen LogP contribution in [0.3, 0.4) is 0 Å². The molecule has 1 amide bonds. The largest absolute Gasteiger partial charge is 0.497 e. The number of nitrogens with zero attached hydrogens (tertiary/aromatic N) is 1. The van der Waals surface area contributed by atoms with Gasteiger partial charge < -0.3 is 20.1 Å². The van der Waals surface area contributed by atoms with Gasteiger partial charge >= 0.3 is 0 Å². The molecule has 0 radical (unpaired) electrons. The van der Waals surface area contributed by atoms with Crippen LogP contribution in [0, 0.1) is 11.6 Å². The van der Waals surface area contributed by atoms with Crippen molar-refractivity contribution in [1.29, 1.82) is 0 Å². The molecule has 0 saturated heterocycles. The molecule has 0 saturated carbocycles. The predicted molar refractivity (Wildman–Crippen MR) is 106 cm³/mol. The highest BCUT2D eigenvalue weighted by atomic mass is 19.1. The van der Waals surface area contributed by atoms with Crippen molar-refractivity contribution in [3.8, 4) is 11.5 Å². The Morgan fingerprint density at radius 1 is 1.03 bits per heavy atom. The maximum absolute atomic E-state index is 13.7. The van der Waals surface area contributed by atoms with E-state index in [0.717, 1.165) is 11.8 Å². The zero-order valence-electron chi connectivity index (χ0n) is 15.6. The van der Waals surface area contributed by atoms with E-state index in [2.05, 4.69) is 15.6 Å². The normalized spacial score (nSPS) is 10.3. The molecule has 0 spiro atoms.